The summed E-state index contributed by atoms with van der Waals surface area (Å²) < 4.78 is 5.37. The third-order valence-corrected chi connectivity index (χ3v) is 6.16. The van der Waals surface area contributed by atoms with Crippen LogP contribution in [0.25, 0.3) is 0 Å². The van der Waals surface area contributed by atoms with Crippen LogP contribution < -0.4 is 11.1 Å². The average molecular weight is 395 g/mol. The molecule has 2 aliphatic heterocycles. The molecule has 0 amide bonds. The van der Waals surface area contributed by atoms with E-state index in [2.05, 4.69) is 37.4 Å². The molecule has 0 saturated carbocycles. The van der Waals surface area contributed by atoms with E-state index < -0.39 is 0 Å². The number of guanidine groups is 1. The van der Waals surface area contributed by atoms with Crippen LogP contribution in [0.15, 0.2) is 10.4 Å². The van der Waals surface area contributed by atoms with Gasteiger partial charge in [0.1, 0.15) is 0 Å². The van der Waals surface area contributed by atoms with Crippen molar-refractivity contribution < 1.29 is 4.74 Å². The highest BCUT2D eigenvalue weighted by Crippen LogP contribution is 2.20. The number of nitrogens with one attached hydrogen (secondary N) is 1. The maximum Gasteiger partial charge on any atom is 0.188 e. The smallest absolute Gasteiger partial charge is 0.188 e. The van der Waals surface area contributed by atoms with Gasteiger partial charge in [0, 0.05) is 38.1 Å². The maximum absolute atomic E-state index is 6.03. The number of morpholine rings is 1. The molecular weight excluding hydrogens is 360 g/mol. The van der Waals surface area contributed by atoms with Gasteiger partial charge in [-0.3, -0.25) is 14.8 Å². The second-order valence-electron chi connectivity index (χ2n) is 7.54. The van der Waals surface area contributed by atoms with Crippen LogP contribution in [0.2, 0.25) is 0 Å². The molecule has 0 aliphatic carbocycles. The summed E-state index contributed by atoms with van der Waals surface area (Å²) in [5, 5.41) is 6.59. The fourth-order valence-corrected chi connectivity index (χ4v) is 4.27. The molecule has 3 heterocycles. The van der Waals surface area contributed by atoms with Crippen molar-refractivity contribution >= 4 is 17.3 Å². The Balaban J connectivity index is 1.25. The van der Waals surface area contributed by atoms with E-state index in [0.29, 0.717) is 11.9 Å². The molecule has 2 saturated heterocycles. The van der Waals surface area contributed by atoms with E-state index in [4.69, 9.17) is 10.5 Å². The molecule has 3 rings (SSSR count). The summed E-state index contributed by atoms with van der Waals surface area (Å²) in [7, 11) is 0. The molecule has 2 aliphatic rings. The van der Waals surface area contributed by atoms with Crippen molar-refractivity contribution in [3.63, 3.8) is 0 Å². The van der Waals surface area contributed by atoms with Crippen LogP contribution in [0.1, 0.15) is 30.0 Å². The molecular formula is C19H34N6OS. The molecule has 27 heavy (non-hydrogen) atoms. The molecule has 3 N–H and O–H groups in total. The van der Waals surface area contributed by atoms with Crippen LogP contribution in [-0.2, 0) is 11.3 Å². The van der Waals surface area contributed by atoms with E-state index in [0.717, 1.165) is 77.0 Å². The first-order valence-electron chi connectivity index (χ1n) is 10.2. The van der Waals surface area contributed by atoms with Gasteiger partial charge in [-0.05, 0) is 51.7 Å². The topological polar surface area (TPSA) is 79.0 Å². The normalized spacial score (nSPS) is 20.9. The first kappa shape index (κ1) is 20.5. The fourth-order valence-electron chi connectivity index (χ4n) is 3.66. The summed E-state index contributed by atoms with van der Waals surface area (Å²) in [4.78, 5) is 14.1. The number of thiazole rings is 1. The lowest BCUT2D eigenvalue weighted by molar-refractivity contribution is 0.0376. The summed E-state index contributed by atoms with van der Waals surface area (Å²) in [5.74, 6) is 1.24. The van der Waals surface area contributed by atoms with Crippen molar-refractivity contribution in [3.8, 4) is 0 Å². The van der Waals surface area contributed by atoms with Gasteiger partial charge < -0.3 is 15.8 Å². The van der Waals surface area contributed by atoms with Crippen molar-refractivity contribution in [2.24, 2.45) is 16.6 Å². The lowest BCUT2D eigenvalue weighted by Crippen LogP contribution is -2.39. The van der Waals surface area contributed by atoms with Crippen LogP contribution >= 0.6 is 11.3 Å². The van der Waals surface area contributed by atoms with E-state index in [1.165, 1.54) is 18.5 Å². The van der Waals surface area contributed by atoms with Crippen LogP contribution in [0, 0.1) is 12.8 Å². The summed E-state index contributed by atoms with van der Waals surface area (Å²) in [5.41, 5.74) is 7.24. The van der Waals surface area contributed by atoms with E-state index in [9.17, 15) is 0 Å². The van der Waals surface area contributed by atoms with E-state index in [1.54, 1.807) is 11.3 Å². The number of aliphatic imine (C=N–C) groups is 1. The van der Waals surface area contributed by atoms with Crippen LogP contribution in [0.3, 0.4) is 0 Å². The van der Waals surface area contributed by atoms with Crippen molar-refractivity contribution in [2.45, 2.75) is 32.7 Å². The first-order valence-corrected chi connectivity index (χ1v) is 11.0. The number of rotatable bonds is 8. The zero-order valence-electron chi connectivity index (χ0n) is 16.5. The Morgan fingerprint density at radius 3 is 2.78 bits per heavy atom. The number of likely N-dealkylation sites (tertiary alicyclic amines) is 1. The molecule has 0 spiro atoms. The minimum absolute atomic E-state index is 0.595. The predicted molar refractivity (Wildman–Crippen MR) is 111 cm³/mol. The van der Waals surface area contributed by atoms with Crippen molar-refractivity contribution in [2.75, 3.05) is 59.0 Å². The Morgan fingerprint density at radius 2 is 2.07 bits per heavy atom. The Kier molecular flexibility index (Phi) is 8.32. The largest absolute Gasteiger partial charge is 0.379 e. The standard InChI is InChI=1S/C19H34N6OS/c1-16-23-18(15-27-16)14-25-7-3-17(4-8-25)13-22-19(20)21-5-2-6-24-9-11-26-12-10-24/h15,17H,2-14H2,1H3,(H3,20,21,22). The van der Waals surface area contributed by atoms with Crippen molar-refractivity contribution in [1.29, 1.82) is 0 Å². The van der Waals surface area contributed by atoms with Gasteiger partial charge in [-0.15, -0.1) is 11.3 Å². The van der Waals surface area contributed by atoms with Gasteiger partial charge in [-0.1, -0.05) is 0 Å². The van der Waals surface area contributed by atoms with E-state index in [1.807, 2.05) is 0 Å². The fraction of sp³-hybridized carbons (Fsp3) is 0.789. The van der Waals surface area contributed by atoms with Gasteiger partial charge in [0.25, 0.3) is 0 Å². The first-order chi connectivity index (χ1) is 13.2. The summed E-state index contributed by atoms with van der Waals surface area (Å²) in [6.45, 7) is 11.9. The quantitative estimate of drug-likeness (QED) is 0.393. The summed E-state index contributed by atoms with van der Waals surface area (Å²) in [6.07, 6.45) is 3.47. The number of aryl methyl sites for hydroxylation is 1. The van der Waals surface area contributed by atoms with Gasteiger partial charge >= 0.3 is 0 Å². The number of aromatic nitrogens is 1. The third-order valence-electron chi connectivity index (χ3n) is 5.34. The SMILES string of the molecule is Cc1nc(CN2CCC(CN=C(N)NCCCN3CCOCC3)CC2)cs1. The molecule has 1 aromatic rings. The molecule has 0 radical (unpaired) electrons. The molecule has 0 aromatic carbocycles. The lowest BCUT2D eigenvalue weighted by atomic mass is 9.97. The van der Waals surface area contributed by atoms with Crippen molar-refractivity contribution in [3.05, 3.63) is 16.1 Å². The number of hydrogen-bond donors (Lipinski definition) is 2. The van der Waals surface area contributed by atoms with Crippen molar-refractivity contribution in [1.82, 2.24) is 20.1 Å². The molecule has 1 aromatic heterocycles. The van der Waals surface area contributed by atoms with E-state index >= 15 is 0 Å². The lowest BCUT2D eigenvalue weighted by Gasteiger charge is -2.30. The van der Waals surface area contributed by atoms with Crippen LogP contribution in [0.5, 0.6) is 0 Å². The highest BCUT2D eigenvalue weighted by molar-refractivity contribution is 7.09. The predicted octanol–water partition coefficient (Wildman–Crippen LogP) is 1.29. The number of piperidine rings is 1. The number of ether oxygens (including phenoxy) is 1. The van der Waals surface area contributed by atoms with Gasteiger partial charge in [0.2, 0.25) is 0 Å². The van der Waals surface area contributed by atoms with Gasteiger partial charge in [0.05, 0.1) is 23.9 Å². The minimum atomic E-state index is 0.595. The zero-order valence-corrected chi connectivity index (χ0v) is 17.3. The van der Waals surface area contributed by atoms with Gasteiger partial charge in [0.15, 0.2) is 5.96 Å². The second kappa shape index (κ2) is 10.9. The molecule has 0 unspecified atom stereocenters. The summed E-state index contributed by atoms with van der Waals surface area (Å²) in [6, 6.07) is 0. The Morgan fingerprint density at radius 1 is 1.30 bits per heavy atom. The molecule has 0 bridgehead atoms. The second-order valence-corrected chi connectivity index (χ2v) is 8.60. The molecule has 7 nitrogen and oxygen atoms in total. The highest BCUT2D eigenvalue weighted by Gasteiger charge is 2.19. The Bertz CT molecular complexity index is 579. The third kappa shape index (κ3) is 7.37. The number of hydrogen-bond acceptors (Lipinski definition) is 6. The maximum atomic E-state index is 6.03. The van der Waals surface area contributed by atoms with E-state index in [-0.39, 0.29) is 0 Å². The monoisotopic (exact) mass is 394 g/mol. The molecule has 0 atom stereocenters. The van der Waals surface area contributed by atoms with Crippen LogP contribution in [0.4, 0.5) is 0 Å². The Labute approximate surface area is 167 Å². The molecule has 152 valence electrons. The minimum Gasteiger partial charge on any atom is -0.379 e. The summed E-state index contributed by atoms with van der Waals surface area (Å²) >= 11 is 1.74. The average Bonchev–Trinajstić information content (AvgIpc) is 3.10. The van der Waals surface area contributed by atoms with Gasteiger partial charge in [-0.2, -0.15) is 0 Å². The Hall–Kier alpha value is -1.22. The van der Waals surface area contributed by atoms with Crippen LogP contribution in [-0.4, -0.2) is 79.8 Å². The van der Waals surface area contributed by atoms with Gasteiger partial charge in [-0.25, -0.2) is 4.98 Å². The zero-order chi connectivity index (χ0) is 18.9. The molecule has 2 fully saturated rings. The number of nitrogens with zero attached hydrogens (tertiary/aromatic N) is 4. The molecule has 8 heteroatoms. The number of nitrogens with two attached hydrogens (primary N) is 1. The highest BCUT2D eigenvalue weighted by atomic mass is 32.1.